The summed E-state index contributed by atoms with van der Waals surface area (Å²) in [4.78, 5) is 4.41. The summed E-state index contributed by atoms with van der Waals surface area (Å²) in [6.45, 7) is 9.41. The highest BCUT2D eigenvalue weighted by Gasteiger charge is 2.13. The largest absolute Gasteiger partial charge is 0.438 e. The number of nitrogens with zero attached hydrogens (tertiary/aromatic N) is 1. The maximum absolute atomic E-state index is 6.07. The summed E-state index contributed by atoms with van der Waals surface area (Å²) in [6.07, 6.45) is 2.88. The lowest BCUT2D eigenvalue weighted by molar-refractivity contribution is 0.439. The quantitative estimate of drug-likeness (QED) is 0.845. The van der Waals surface area contributed by atoms with Crippen molar-refractivity contribution in [1.29, 1.82) is 0 Å². The third-order valence-corrected chi connectivity index (χ3v) is 3.52. The van der Waals surface area contributed by atoms with Crippen LogP contribution < -0.4 is 10.1 Å². The molecule has 0 amide bonds. The predicted molar refractivity (Wildman–Crippen MR) is 86.9 cm³/mol. The van der Waals surface area contributed by atoms with Crippen molar-refractivity contribution in [3.8, 4) is 11.6 Å². The third-order valence-electron chi connectivity index (χ3n) is 3.52. The standard InChI is InChI=1S/C18H24N2O/c1-5-10-19-15(4)16-7-6-11-20-18(16)21-17-12-13(2)8-9-14(17)3/h6-9,11-12,15,19H,5,10H2,1-4H3. The van der Waals surface area contributed by atoms with E-state index in [4.69, 9.17) is 4.74 Å². The Morgan fingerprint density at radius 2 is 2.05 bits per heavy atom. The maximum atomic E-state index is 6.07. The second-order valence-electron chi connectivity index (χ2n) is 5.44. The van der Waals surface area contributed by atoms with E-state index in [1.165, 1.54) is 5.56 Å². The summed E-state index contributed by atoms with van der Waals surface area (Å²) < 4.78 is 6.07. The van der Waals surface area contributed by atoms with Crippen LogP contribution in [0.4, 0.5) is 0 Å². The van der Waals surface area contributed by atoms with Crippen LogP contribution in [0.15, 0.2) is 36.5 Å². The summed E-state index contributed by atoms with van der Waals surface area (Å²) in [5, 5.41) is 3.48. The molecule has 112 valence electrons. The van der Waals surface area contributed by atoms with Crippen LogP contribution in [0, 0.1) is 13.8 Å². The molecule has 1 heterocycles. The average Bonchev–Trinajstić information content (AvgIpc) is 2.49. The molecule has 0 fully saturated rings. The Labute approximate surface area is 127 Å². The van der Waals surface area contributed by atoms with Crippen LogP contribution in [0.3, 0.4) is 0 Å². The van der Waals surface area contributed by atoms with Crippen LogP contribution in [-0.2, 0) is 0 Å². The van der Waals surface area contributed by atoms with Crippen molar-refractivity contribution in [1.82, 2.24) is 10.3 Å². The van der Waals surface area contributed by atoms with E-state index in [0.29, 0.717) is 5.88 Å². The Morgan fingerprint density at radius 3 is 2.81 bits per heavy atom. The molecule has 0 saturated carbocycles. The lowest BCUT2D eigenvalue weighted by Gasteiger charge is -2.17. The van der Waals surface area contributed by atoms with Gasteiger partial charge in [0.25, 0.3) is 0 Å². The van der Waals surface area contributed by atoms with Gasteiger partial charge in [-0.15, -0.1) is 0 Å². The number of rotatable bonds is 6. The van der Waals surface area contributed by atoms with Gasteiger partial charge in [-0.2, -0.15) is 0 Å². The molecule has 1 N–H and O–H groups in total. The third kappa shape index (κ3) is 4.05. The first kappa shape index (κ1) is 15.5. The molecule has 1 aromatic heterocycles. The monoisotopic (exact) mass is 284 g/mol. The number of benzene rings is 1. The summed E-state index contributed by atoms with van der Waals surface area (Å²) in [7, 11) is 0. The van der Waals surface area contributed by atoms with Gasteiger partial charge in [-0.05, 0) is 57.0 Å². The second-order valence-corrected chi connectivity index (χ2v) is 5.44. The van der Waals surface area contributed by atoms with E-state index < -0.39 is 0 Å². The lowest BCUT2D eigenvalue weighted by Crippen LogP contribution is -2.20. The van der Waals surface area contributed by atoms with Crippen molar-refractivity contribution in [3.05, 3.63) is 53.2 Å². The van der Waals surface area contributed by atoms with Crippen molar-refractivity contribution < 1.29 is 4.74 Å². The highest BCUT2D eigenvalue weighted by atomic mass is 16.5. The van der Waals surface area contributed by atoms with Gasteiger partial charge in [0.1, 0.15) is 5.75 Å². The molecule has 3 nitrogen and oxygen atoms in total. The predicted octanol–water partition coefficient (Wildman–Crippen LogP) is 4.55. The number of hydrogen-bond donors (Lipinski definition) is 1. The van der Waals surface area contributed by atoms with E-state index in [0.717, 1.165) is 29.8 Å². The van der Waals surface area contributed by atoms with Gasteiger partial charge in [-0.1, -0.05) is 25.1 Å². The number of pyridine rings is 1. The Morgan fingerprint density at radius 1 is 1.24 bits per heavy atom. The van der Waals surface area contributed by atoms with E-state index in [1.807, 2.05) is 6.07 Å². The molecule has 0 aliphatic heterocycles. The summed E-state index contributed by atoms with van der Waals surface area (Å²) >= 11 is 0. The fraction of sp³-hybridized carbons (Fsp3) is 0.389. The molecule has 1 aromatic carbocycles. The molecule has 0 bridgehead atoms. The van der Waals surface area contributed by atoms with Crippen LogP contribution in [0.2, 0.25) is 0 Å². The van der Waals surface area contributed by atoms with Crippen LogP contribution in [-0.4, -0.2) is 11.5 Å². The fourth-order valence-corrected chi connectivity index (χ4v) is 2.21. The van der Waals surface area contributed by atoms with Crippen molar-refractivity contribution in [2.45, 2.75) is 40.2 Å². The zero-order valence-corrected chi connectivity index (χ0v) is 13.3. The average molecular weight is 284 g/mol. The minimum atomic E-state index is 0.221. The summed E-state index contributed by atoms with van der Waals surface area (Å²) in [6, 6.07) is 10.5. The SMILES string of the molecule is CCCNC(C)c1cccnc1Oc1cc(C)ccc1C. The van der Waals surface area contributed by atoms with E-state index in [1.54, 1.807) is 6.20 Å². The zero-order valence-electron chi connectivity index (χ0n) is 13.3. The van der Waals surface area contributed by atoms with E-state index >= 15 is 0 Å². The molecule has 0 spiro atoms. The van der Waals surface area contributed by atoms with Crippen LogP contribution >= 0.6 is 0 Å². The van der Waals surface area contributed by atoms with Crippen molar-refractivity contribution in [3.63, 3.8) is 0 Å². The Balaban J connectivity index is 2.25. The molecular weight excluding hydrogens is 260 g/mol. The number of nitrogens with one attached hydrogen (secondary N) is 1. The first-order valence-electron chi connectivity index (χ1n) is 7.55. The summed E-state index contributed by atoms with van der Waals surface area (Å²) in [5.41, 5.74) is 3.39. The molecule has 21 heavy (non-hydrogen) atoms. The topological polar surface area (TPSA) is 34.2 Å². The normalized spacial score (nSPS) is 12.2. The second kappa shape index (κ2) is 7.23. The van der Waals surface area contributed by atoms with Crippen molar-refractivity contribution in [2.24, 2.45) is 0 Å². The number of aryl methyl sites for hydroxylation is 2. The van der Waals surface area contributed by atoms with Crippen LogP contribution in [0.1, 0.15) is 43.0 Å². The smallest absolute Gasteiger partial charge is 0.223 e. The molecule has 0 aliphatic carbocycles. The van der Waals surface area contributed by atoms with Gasteiger partial charge in [0.05, 0.1) is 0 Å². The minimum Gasteiger partial charge on any atom is -0.438 e. The van der Waals surface area contributed by atoms with Crippen LogP contribution in [0.5, 0.6) is 11.6 Å². The zero-order chi connectivity index (χ0) is 15.2. The minimum absolute atomic E-state index is 0.221. The maximum Gasteiger partial charge on any atom is 0.223 e. The van der Waals surface area contributed by atoms with Crippen LogP contribution in [0.25, 0.3) is 0 Å². The molecule has 1 unspecified atom stereocenters. The molecule has 3 heteroatoms. The molecule has 2 rings (SSSR count). The molecule has 0 aliphatic rings. The van der Waals surface area contributed by atoms with Crippen molar-refractivity contribution >= 4 is 0 Å². The van der Waals surface area contributed by atoms with Gasteiger partial charge in [0, 0.05) is 17.8 Å². The highest BCUT2D eigenvalue weighted by Crippen LogP contribution is 2.29. The first-order chi connectivity index (χ1) is 10.1. The number of aromatic nitrogens is 1. The van der Waals surface area contributed by atoms with Gasteiger partial charge in [-0.25, -0.2) is 4.98 Å². The Kier molecular flexibility index (Phi) is 5.34. The molecular formula is C18H24N2O. The van der Waals surface area contributed by atoms with E-state index in [2.05, 4.69) is 62.3 Å². The molecule has 0 saturated heterocycles. The van der Waals surface area contributed by atoms with Crippen molar-refractivity contribution in [2.75, 3.05) is 6.54 Å². The lowest BCUT2D eigenvalue weighted by atomic mass is 10.1. The fourth-order valence-electron chi connectivity index (χ4n) is 2.21. The highest BCUT2D eigenvalue weighted by molar-refractivity contribution is 5.40. The Hall–Kier alpha value is -1.87. The van der Waals surface area contributed by atoms with Gasteiger partial charge in [0.2, 0.25) is 5.88 Å². The van der Waals surface area contributed by atoms with Gasteiger partial charge >= 0.3 is 0 Å². The number of ether oxygens (including phenoxy) is 1. The molecule has 0 radical (unpaired) electrons. The van der Waals surface area contributed by atoms with Gasteiger partial charge in [0.15, 0.2) is 0 Å². The number of hydrogen-bond acceptors (Lipinski definition) is 3. The first-order valence-corrected chi connectivity index (χ1v) is 7.55. The Bertz CT molecular complexity index is 596. The van der Waals surface area contributed by atoms with Gasteiger partial charge in [-0.3, -0.25) is 0 Å². The van der Waals surface area contributed by atoms with E-state index in [9.17, 15) is 0 Å². The van der Waals surface area contributed by atoms with E-state index in [-0.39, 0.29) is 6.04 Å². The molecule has 2 aromatic rings. The molecule has 1 atom stereocenters. The van der Waals surface area contributed by atoms with Gasteiger partial charge < -0.3 is 10.1 Å². The summed E-state index contributed by atoms with van der Waals surface area (Å²) in [5.74, 6) is 1.56.